The number of hydrogen-bond donors (Lipinski definition) is 1. The van der Waals surface area contributed by atoms with E-state index in [1.54, 1.807) is 11.3 Å². The number of thiophene rings is 1. The van der Waals surface area contributed by atoms with Gasteiger partial charge in [-0.3, -0.25) is 14.5 Å². The first-order valence-corrected chi connectivity index (χ1v) is 9.99. The number of fused-ring (bicyclic) bond motifs is 4. The summed E-state index contributed by atoms with van der Waals surface area (Å²) in [6, 6.07) is 8.87. The third-order valence-electron chi connectivity index (χ3n) is 5.82. The van der Waals surface area contributed by atoms with Crippen LogP contribution in [0.2, 0.25) is 0 Å². The van der Waals surface area contributed by atoms with Crippen molar-refractivity contribution in [1.29, 1.82) is 0 Å². The zero-order chi connectivity index (χ0) is 18.4. The molecular formula is C21H24N2O2S. The van der Waals surface area contributed by atoms with Crippen LogP contribution in [-0.4, -0.2) is 29.7 Å². The Morgan fingerprint density at radius 3 is 2.62 bits per heavy atom. The van der Waals surface area contributed by atoms with Crippen LogP contribution in [0.25, 0.3) is 0 Å². The van der Waals surface area contributed by atoms with Crippen molar-refractivity contribution in [2.24, 2.45) is 5.73 Å². The Kier molecular flexibility index (Phi) is 4.45. The molecule has 2 aromatic rings. The second-order valence-corrected chi connectivity index (χ2v) is 8.79. The van der Waals surface area contributed by atoms with Gasteiger partial charge < -0.3 is 5.73 Å². The topological polar surface area (TPSA) is 63.4 Å². The van der Waals surface area contributed by atoms with Gasteiger partial charge in [-0.1, -0.05) is 29.8 Å². The second kappa shape index (κ2) is 6.63. The molecule has 0 radical (unpaired) electrons. The summed E-state index contributed by atoms with van der Waals surface area (Å²) in [6.45, 7) is 2.03. The first-order chi connectivity index (χ1) is 12.4. The molecule has 2 N–H and O–H groups in total. The SMILES string of the molecule is Cc1ccc(CC(=O)Cc2sc3c(c2C(N)=O)[C@H]2CC[C@@H](C3)N2C)cc1. The van der Waals surface area contributed by atoms with Gasteiger partial charge in [-0.2, -0.15) is 0 Å². The van der Waals surface area contributed by atoms with Gasteiger partial charge in [-0.05, 0) is 44.4 Å². The van der Waals surface area contributed by atoms with Crippen LogP contribution in [0, 0.1) is 6.92 Å². The van der Waals surface area contributed by atoms with Crippen molar-refractivity contribution in [3.8, 4) is 0 Å². The predicted octanol–water partition coefficient (Wildman–Crippen LogP) is 3.20. The molecule has 2 aliphatic heterocycles. The lowest BCUT2D eigenvalue weighted by Gasteiger charge is -2.31. The van der Waals surface area contributed by atoms with Crippen molar-refractivity contribution in [2.45, 2.75) is 51.1 Å². The number of primary amides is 1. The maximum absolute atomic E-state index is 12.6. The molecular weight excluding hydrogens is 344 g/mol. The number of Topliss-reactive ketones (excluding diaryl/α,β-unsaturated/α-hetero) is 1. The largest absolute Gasteiger partial charge is 0.366 e. The molecule has 0 aliphatic carbocycles. The maximum Gasteiger partial charge on any atom is 0.250 e. The first-order valence-electron chi connectivity index (χ1n) is 9.17. The summed E-state index contributed by atoms with van der Waals surface area (Å²) < 4.78 is 0. The Morgan fingerprint density at radius 1 is 1.19 bits per heavy atom. The average molecular weight is 369 g/mol. The van der Waals surface area contributed by atoms with Crippen molar-refractivity contribution in [3.05, 3.63) is 56.3 Å². The van der Waals surface area contributed by atoms with E-state index in [-0.39, 0.29) is 17.7 Å². The number of carbonyl (C=O) groups is 2. The molecule has 5 heteroatoms. The Balaban J connectivity index is 1.60. The Hall–Kier alpha value is -1.98. The van der Waals surface area contributed by atoms with Crippen molar-refractivity contribution in [1.82, 2.24) is 4.90 Å². The monoisotopic (exact) mass is 368 g/mol. The normalized spacial score (nSPS) is 21.6. The number of likely N-dealkylation sites (N-methyl/N-ethyl adjacent to an activating group) is 1. The third kappa shape index (κ3) is 2.99. The Bertz CT molecular complexity index is 869. The van der Waals surface area contributed by atoms with Crippen LogP contribution in [0.4, 0.5) is 0 Å². The number of hydrogen-bond acceptors (Lipinski definition) is 4. The highest BCUT2D eigenvalue weighted by Crippen LogP contribution is 2.48. The van der Waals surface area contributed by atoms with Gasteiger partial charge in [0.25, 0.3) is 0 Å². The fourth-order valence-corrected chi connectivity index (χ4v) is 5.91. The molecule has 4 rings (SSSR count). The summed E-state index contributed by atoms with van der Waals surface area (Å²) >= 11 is 1.63. The lowest BCUT2D eigenvalue weighted by Crippen LogP contribution is -2.34. The lowest BCUT2D eigenvalue weighted by molar-refractivity contribution is -0.117. The van der Waals surface area contributed by atoms with Crippen LogP contribution >= 0.6 is 11.3 Å². The van der Waals surface area contributed by atoms with Gasteiger partial charge in [0.2, 0.25) is 5.91 Å². The van der Waals surface area contributed by atoms with E-state index in [2.05, 4.69) is 11.9 Å². The van der Waals surface area contributed by atoms with E-state index in [0.717, 1.165) is 28.8 Å². The zero-order valence-electron chi connectivity index (χ0n) is 15.2. The van der Waals surface area contributed by atoms with Crippen LogP contribution in [-0.2, 0) is 24.1 Å². The van der Waals surface area contributed by atoms with E-state index in [1.807, 2.05) is 31.2 Å². The third-order valence-corrected chi connectivity index (χ3v) is 7.04. The molecule has 0 saturated carbocycles. The van der Waals surface area contributed by atoms with Gasteiger partial charge in [0.15, 0.2) is 0 Å². The summed E-state index contributed by atoms with van der Waals surface area (Å²) in [5, 5.41) is 0. The number of nitrogens with zero attached hydrogens (tertiary/aromatic N) is 1. The van der Waals surface area contributed by atoms with E-state index in [4.69, 9.17) is 5.73 Å². The molecule has 136 valence electrons. The molecule has 4 nitrogen and oxygen atoms in total. The highest BCUT2D eigenvalue weighted by molar-refractivity contribution is 7.12. The number of aryl methyl sites for hydroxylation is 1. The minimum Gasteiger partial charge on any atom is -0.366 e. The number of nitrogens with two attached hydrogens (primary N) is 1. The van der Waals surface area contributed by atoms with Gasteiger partial charge in [0.1, 0.15) is 5.78 Å². The number of carbonyl (C=O) groups excluding carboxylic acids is 2. The van der Waals surface area contributed by atoms with Crippen LogP contribution < -0.4 is 5.73 Å². The Morgan fingerprint density at radius 2 is 1.92 bits per heavy atom. The van der Waals surface area contributed by atoms with Gasteiger partial charge >= 0.3 is 0 Å². The molecule has 0 unspecified atom stereocenters. The van der Waals surface area contributed by atoms with Crippen molar-refractivity contribution in [3.63, 3.8) is 0 Å². The quantitative estimate of drug-likeness (QED) is 0.881. The van der Waals surface area contributed by atoms with Gasteiger partial charge in [0, 0.05) is 34.7 Å². The minimum atomic E-state index is -0.389. The molecule has 3 heterocycles. The molecule has 1 fully saturated rings. The highest BCUT2D eigenvalue weighted by atomic mass is 32.1. The van der Waals surface area contributed by atoms with Crippen LogP contribution in [0.3, 0.4) is 0 Å². The number of amides is 1. The lowest BCUT2D eigenvalue weighted by atomic mass is 9.94. The summed E-state index contributed by atoms with van der Waals surface area (Å²) in [5.41, 5.74) is 9.67. The second-order valence-electron chi connectivity index (χ2n) is 7.60. The summed E-state index contributed by atoms with van der Waals surface area (Å²) in [5.74, 6) is -0.257. The van der Waals surface area contributed by atoms with E-state index in [1.165, 1.54) is 16.9 Å². The minimum absolute atomic E-state index is 0.133. The molecule has 1 amide bonds. The van der Waals surface area contributed by atoms with Gasteiger partial charge in [0.05, 0.1) is 5.56 Å². The molecule has 1 saturated heterocycles. The molecule has 2 atom stereocenters. The predicted molar refractivity (Wildman–Crippen MR) is 104 cm³/mol. The number of rotatable bonds is 5. The van der Waals surface area contributed by atoms with Crippen LogP contribution in [0.1, 0.15) is 55.7 Å². The summed E-state index contributed by atoms with van der Waals surface area (Å²) in [4.78, 5) is 29.3. The Labute approximate surface area is 158 Å². The van der Waals surface area contributed by atoms with Crippen molar-refractivity contribution >= 4 is 23.0 Å². The molecule has 1 aromatic carbocycles. The van der Waals surface area contributed by atoms with Gasteiger partial charge in [-0.25, -0.2) is 0 Å². The zero-order valence-corrected chi connectivity index (χ0v) is 16.1. The van der Waals surface area contributed by atoms with E-state index < -0.39 is 0 Å². The highest BCUT2D eigenvalue weighted by Gasteiger charge is 2.41. The summed E-state index contributed by atoms with van der Waals surface area (Å²) in [6.07, 6.45) is 3.90. The smallest absolute Gasteiger partial charge is 0.250 e. The molecule has 2 bridgehead atoms. The standard InChI is InChI=1S/C21H24N2O2S/c1-12-3-5-13(6-4-12)9-15(24)11-18-20(21(22)25)19-16-8-7-14(23(16)2)10-17(19)26-18/h3-6,14,16H,7-11H2,1-2H3,(H2,22,25)/t14-,16+/m0/s1. The molecule has 2 aliphatic rings. The van der Waals surface area contributed by atoms with Gasteiger partial charge in [-0.15, -0.1) is 11.3 Å². The van der Waals surface area contributed by atoms with Crippen molar-refractivity contribution < 1.29 is 9.59 Å². The first kappa shape index (κ1) is 17.4. The molecule has 0 spiro atoms. The molecule has 1 aromatic heterocycles. The number of benzene rings is 1. The van der Waals surface area contributed by atoms with E-state index in [0.29, 0.717) is 24.4 Å². The van der Waals surface area contributed by atoms with Crippen molar-refractivity contribution in [2.75, 3.05) is 7.05 Å². The van der Waals surface area contributed by atoms with E-state index in [9.17, 15) is 9.59 Å². The van der Waals surface area contributed by atoms with Crippen LogP contribution in [0.15, 0.2) is 24.3 Å². The number of ketones is 1. The van der Waals surface area contributed by atoms with E-state index >= 15 is 0 Å². The molecule has 26 heavy (non-hydrogen) atoms. The maximum atomic E-state index is 12.6. The van der Waals surface area contributed by atoms with Crippen LogP contribution in [0.5, 0.6) is 0 Å². The average Bonchev–Trinajstić information content (AvgIpc) is 3.05. The fraction of sp³-hybridized carbons (Fsp3) is 0.429. The fourth-order valence-electron chi connectivity index (χ4n) is 4.44. The summed E-state index contributed by atoms with van der Waals surface area (Å²) in [7, 11) is 2.13.